The van der Waals surface area contributed by atoms with E-state index in [0.717, 1.165) is 5.56 Å². The highest BCUT2D eigenvalue weighted by molar-refractivity contribution is 7.85. The fourth-order valence-electron chi connectivity index (χ4n) is 1.73. The summed E-state index contributed by atoms with van der Waals surface area (Å²) in [5, 5.41) is 9.47. The molecule has 0 saturated heterocycles. The summed E-state index contributed by atoms with van der Waals surface area (Å²) in [5.74, 6) is 0. The van der Waals surface area contributed by atoms with E-state index in [4.69, 9.17) is 4.55 Å². The molecule has 0 aromatic heterocycles. The van der Waals surface area contributed by atoms with E-state index in [-0.39, 0.29) is 5.56 Å². The maximum atomic E-state index is 10.8. The first-order valence-electron chi connectivity index (χ1n) is 4.45. The first-order valence-corrected chi connectivity index (χ1v) is 5.96. The number of aryl methyl sites for hydroxylation is 3. The number of aliphatic hydroxyl groups excluding tert-OH is 1. The van der Waals surface area contributed by atoms with E-state index in [1.807, 2.05) is 6.92 Å². The molecule has 0 spiro atoms. The molecule has 84 valence electrons. The van der Waals surface area contributed by atoms with Crippen LogP contribution in [-0.4, -0.2) is 18.1 Å². The molecule has 1 aromatic carbocycles. The molecule has 0 bridgehead atoms. The maximum absolute atomic E-state index is 10.8. The van der Waals surface area contributed by atoms with Crippen molar-refractivity contribution in [1.29, 1.82) is 0 Å². The number of benzene rings is 1. The van der Waals surface area contributed by atoms with Crippen molar-refractivity contribution in [2.24, 2.45) is 0 Å². The molecule has 1 unspecified atom stereocenters. The summed E-state index contributed by atoms with van der Waals surface area (Å²) in [6, 6.07) is 3.52. The lowest BCUT2D eigenvalue weighted by atomic mass is 10.0. The van der Waals surface area contributed by atoms with Crippen molar-refractivity contribution in [3.05, 3.63) is 34.4 Å². The van der Waals surface area contributed by atoms with Crippen LogP contribution in [0.3, 0.4) is 0 Å². The van der Waals surface area contributed by atoms with Crippen molar-refractivity contribution < 1.29 is 18.1 Å². The molecule has 0 saturated carbocycles. The molecule has 0 fully saturated rings. The third-order valence-corrected chi connectivity index (χ3v) is 3.07. The van der Waals surface area contributed by atoms with Crippen LogP contribution in [0.5, 0.6) is 0 Å². The molecule has 0 heterocycles. The third kappa shape index (κ3) is 2.56. The molecule has 4 nitrogen and oxygen atoms in total. The van der Waals surface area contributed by atoms with Crippen molar-refractivity contribution in [3.8, 4) is 0 Å². The predicted octanol–water partition coefficient (Wildman–Crippen LogP) is 1.49. The molecular formula is C10H14O4S. The molecule has 0 aliphatic carbocycles. The summed E-state index contributed by atoms with van der Waals surface area (Å²) >= 11 is 0. The number of hydrogen-bond acceptors (Lipinski definition) is 3. The Labute approximate surface area is 89.3 Å². The summed E-state index contributed by atoms with van der Waals surface area (Å²) in [7, 11) is -4.46. The zero-order valence-electron chi connectivity index (χ0n) is 8.85. The monoisotopic (exact) mass is 230 g/mol. The van der Waals surface area contributed by atoms with Gasteiger partial charge in [-0.1, -0.05) is 17.7 Å². The van der Waals surface area contributed by atoms with E-state index in [1.165, 1.54) is 0 Å². The van der Waals surface area contributed by atoms with Gasteiger partial charge >= 0.3 is 0 Å². The van der Waals surface area contributed by atoms with Gasteiger partial charge in [-0.2, -0.15) is 8.42 Å². The predicted molar refractivity (Wildman–Crippen MR) is 57.2 cm³/mol. The molecular weight excluding hydrogens is 216 g/mol. The standard InChI is InChI=1S/C10H14O4S/c1-6-4-7(2)9(8(3)5-6)10(11)15(12,13)14/h4-5,10-11H,1-3H3,(H,12,13,14). The minimum absolute atomic E-state index is 0.253. The molecule has 0 aliphatic heterocycles. The quantitative estimate of drug-likeness (QED) is 0.755. The average Bonchev–Trinajstić information content (AvgIpc) is 1.99. The number of aliphatic hydroxyl groups is 1. The van der Waals surface area contributed by atoms with Crippen molar-refractivity contribution in [1.82, 2.24) is 0 Å². The molecule has 1 aromatic rings. The Balaban J connectivity index is 3.39. The molecule has 1 atom stereocenters. The van der Waals surface area contributed by atoms with Crippen molar-refractivity contribution in [2.45, 2.75) is 26.2 Å². The van der Waals surface area contributed by atoms with Gasteiger partial charge < -0.3 is 5.11 Å². The Hall–Kier alpha value is -0.910. The van der Waals surface area contributed by atoms with Gasteiger partial charge in [0, 0.05) is 5.56 Å². The third-order valence-electron chi connectivity index (χ3n) is 2.27. The highest BCUT2D eigenvalue weighted by atomic mass is 32.2. The molecule has 2 N–H and O–H groups in total. The molecule has 0 radical (unpaired) electrons. The fraction of sp³-hybridized carbons (Fsp3) is 0.400. The Kier molecular flexibility index (Phi) is 3.18. The number of hydrogen-bond donors (Lipinski definition) is 2. The minimum atomic E-state index is -4.46. The topological polar surface area (TPSA) is 74.6 Å². The van der Waals surface area contributed by atoms with Crippen molar-refractivity contribution in [3.63, 3.8) is 0 Å². The van der Waals surface area contributed by atoms with E-state index in [1.54, 1.807) is 26.0 Å². The second-order valence-corrected chi connectivity index (χ2v) is 5.16. The molecule has 0 amide bonds. The first kappa shape index (κ1) is 12.2. The normalized spacial score (nSPS) is 13.9. The Morgan fingerprint density at radius 2 is 1.53 bits per heavy atom. The van der Waals surface area contributed by atoms with Crippen LogP contribution >= 0.6 is 0 Å². The van der Waals surface area contributed by atoms with Crippen LogP contribution in [0.15, 0.2) is 12.1 Å². The van der Waals surface area contributed by atoms with Gasteiger partial charge in [0.25, 0.3) is 10.1 Å². The van der Waals surface area contributed by atoms with Crippen molar-refractivity contribution >= 4 is 10.1 Å². The van der Waals surface area contributed by atoms with Crippen LogP contribution in [0.1, 0.15) is 27.7 Å². The van der Waals surface area contributed by atoms with Gasteiger partial charge in [-0.15, -0.1) is 0 Å². The fourth-order valence-corrected chi connectivity index (χ4v) is 2.40. The van der Waals surface area contributed by atoms with Crippen LogP contribution in [0, 0.1) is 20.8 Å². The van der Waals surface area contributed by atoms with Gasteiger partial charge in [0.05, 0.1) is 0 Å². The van der Waals surface area contributed by atoms with Gasteiger partial charge in [-0.05, 0) is 31.9 Å². The van der Waals surface area contributed by atoms with E-state index in [2.05, 4.69) is 0 Å². The van der Waals surface area contributed by atoms with Crippen LogP contribution in [0.2, 0.25) is 0 Å². The smallest absolute Gasteiger partial charge is 0.296 e. The highest BCUT2D eigenvalue weighted by Crippen LogP contribution is 2.26. The number of rotatable bonds is 2. The van der Waals surface area contributed by atoms with Crippen molar-refractivity contribution in [2.75, 3.05) is 0 Å². The lowest BCUT2D eigenvalue weighted by Gasteiger charge is -2.14. The summed E-state index contributed by atoms with van der Waals surface area (Å²) in [6.07, 6.45) is 0. The molecule has 0 aliphatic rings. The van der Waals surface area contributed by atoms with Crippen LogP contribution in [-0.2, 0) is 10.1 Å². The van der Waals surface area contributed by atoms with Crippen LogP contribution < -0.4 is 0 Å². The highest BCUT2D eigenvalue weighted by Gasteiger charge is 2.25. The lowest BCUT2D eigenvalue weighted by Crippen LogP contribution is -2.14. The van der Waals surface area contributed by atoms with Gasteiger partial charge in [-0.25, -0.2) is 0 Å². The summed E-state index contributed by atoms with van der Waals surface area (Å²) in [4.78, 5) is 0. The van der Waals surface area contributed by atoms with E-state index in [0.29, 0.717) is 11.1 Å². The summed E-state index contributed by atoms with van der Waals surface area (Å²) in [6.45, 7) is 5.27. The average molecular weight is 230 g/mol. The summed E-state index contributed by atoms with van der Waals surface area (Å²) < 4.78 is 30.4. The minimum Gasteiger partial charge on any atom is -0.371 e. The van der Waals surface area contributed by atoms with Crippen LogP contribution in [0.4, 0.5) is 0 Å². The zero-order chi connectivity index (χ0) is 11.8. The maximum Gasteiger partial charge on any atom is 0.296 e. The van der Waals surface area contributed by atoms with Crippen LogP contribution in [0.25, 0.3) is 0 Å². The lowest BCUT2D eigenvalue weighted by molar-refractivity contribution is 0.237. The second-order valence-electron chi connectivity index (χ2n) is 3.68. The van der Waals surface area contributed by atoms with E-state index >= 15 is 0 Å². The Bertz CT molecular complexity index is 453. The SMILES string of the molecule is Cc1cc(C)c(C(O)S(=O)(=O)O)c(C)c1. The van der Waals surface area contributed by atoms with E-state index in [9.17, 15) is 13.5 Å². The molecule has 15 heavy (non-hydrogen) atoms. The zero-order valence-corrected chi connectivity index (χ0v) is 9.67. The largest absolute Gasteiger partial charge is 0.371 e. The van der Waals surface area contributed by atoms with E-state index < -0.39 is 15.6 Å². The van der Waals surface area contributed by atoms with Gasteiger partial charge in [0.2, 0.25) is 5.44 Å². The second kappa shape index (κ2) is 3.92. The van der Waals surface area contributed by atoms with Gasteiger partial charge in [0.15, 0.2) is 0 Å². The first-order chi connectivity index (χ1) is 6.73. The van der Waals surface area contributed by atoms with Gasteiger partial charge in [0.1, 0.15) is 0 Å². The van der Waals surface area contributed by atoms with Gasteiger partial charge in [-0.3, -0.25) is 4.55 Å². The summed E-state index contributed by atoms with van der Waals surface area (Å²) in [5.41, 5.74) is 0.674. The molecule has 5 heteroatoms. The Morgan fingerprint density at radius 3 is 1.87 bits per heavy atom. The Morgan fingerprint density at radius 1 is 1.13 bits per heavy atom. The molecule has 1 rings (SSSR count).